The van der Waals surface area contributed by atoms with Crippen LogP contribution in [-0.2, 0) is 6.42 Å². The van der Waals surface area contributed by atoms with Crippen LogP contribution >= 0.6 is 22.9 Å². The number of nitrogens with one attached hydrogen (secondary N) is 1. The number of thiophene rings is 1. The molecule has 0 spiro atoms. The van der Waals surface area contributed by atoms with Gasteiger partial charge < -0.3 is 5.32 Å². The van der Waals surface area contributed by atoms with Gasteiger partial charge in [-0.05, 0) is 43.7 Å². The zero-order valence-corrected chi connectivity index (χ0v) is 13.5. The third kappa shape index (κ3) is 5.45. The summed E-state index contributed by atoms with van der Waals surface area (Å²) in [7, 11) is 0. The van der Waals surface area contributed by atoms with Crippen LogP contribution in [0.15, 0.2) is 12.1 Å². The zero-order chi connectivity index (χ0) is 13.5. The van der Waals surface area contributed by atoms with Crippen molar-refractivity contribution in [2.75, 3.05) is 6.54 Å². The molecule has 1 fully saturated rings. The first-order chi connectivity index (χ1) is 9.28. The van der Waals surface area contributed by atoms with Crippen molar-refractivity contribution in [3.05, 3.63) is 21.3 Å². The number of hydrogen-bond donors (Lipinski definition) is 1. The Labute approximate surface area is 126 Å². The molecular weight excluding hydrogens is 274 g/mol. The van der Waals surface area contributed by atoms with Crippen LogP contribution < -0.4 is 5.32 Å². The van der Waals surface area contributed by atoms with E-state index in [1.54, 1.807) is 11.3 Å². The van der Waals surface area contributed by atoms with Crippen LogP contribution in [-0.4, -0.2) is 12.6 Å². The van der Waals surface area contributed by atoms with Gasteiger partial charge in [0.1, 0.15) is 0 Å². The normalized spacial score (nSPS) is 24.3. The molecule has 3 heteroatoms. The third-order valence-electron chi connectivity index (χ3n) is 4.22. The molecule has 1 aromatic heterocycles. The Morgan fingerprint density at radius 1 is 1.26 bits per heavy atom. The third-order valence-corrected chi connectivity index (χ3v) is 5.51. The molecule has 19 heavy (non-hydrogen) atoms. The van der Waals surface area contributed by atoms with Crippen molar-refractivity contribution in [2.45, 2.75) is 64.3 Å². The molecule has 2 atom stereocenters. The van der Waals surface area contributed by atoms with Crippen molar-refractivity contribution in [1.82, 2.24) is 5.32 Å². The van der Waals surface area contributed by atoms with Crippen LogP contribution in [0.25, 0.3) is 0 Å². The van der Waals surface area contributed by atoms with E-state index >= 15 is 0 Å². The highest BCUT2D eigenvalue weighted by atomic mass is 35.5. The second-order valence-corrected chi connectivity index (χ2v) is 7.57. The predicted octanol–water partition coefficient (Wildman–Crippen LogP) is 5.28. The Balaban J connectivity index is 1.65. The molecule has 2 unspecified atom stereocenters. The molecule has 1 nitrogen and oxygen atoms in total. The van der Waals surface area contributed by atoms with Crippen molar-refractivity contribution in [2.24, 2.45) is 5.92 Å². The van der Waals surface area contributed by atoms with Gasteiger partial charge in [0.2, 0.25) is 0 Å². The molecule has 1 aliphatic carbocycles. The second-order valence-electron chi connectivity index (χ2n) is 5.77. The summed E-state index contributed by atoms with van der Waals surface area (Å²) in [5.41, 5.74) is 0. The van der Waals surface area contributed by atoms with Crippen molar-refractivity contribution in [3.8, 4) is 0 Å². The summed E-state index contributed by atoms with van der Waals surface area (Å²) in [6, 6.07) is 4.90. The number of rotatable bonds is 6. The molecule has 1 heterocycles. The van der Waals surface area contributed by atoms with Crippen molar-refractivity contribution >= 4 is 22.9 Å². The quantitative estimate of drug-likeness (QED) is 0.704. The van der Waals surface area contributed by atoms with E-state index in [-0.39, 0.29) is 0 Å². The lowest BCUT2D eigenvalue weighted by molar-refractivity contribution is 0.411. The summed E-state index contributed by atoms with van der Waals surface area (Å²) in [5, 5.41) is 3.75. The minimum absolute atomic E-state index is 0.747. The van der Waals surface area contributed by atoms with E-state index in [4.69, 9.17) is 11.6 Å². The lowest BCUT2D eigenvalue weighted by Gasteiger charge is -2.16. The number of halogens is 1. The Hall–Kier alpha value is -0.0500. The lowest BCUT2D eigenvalue weighted by Crippen LogP contribution is -2.30. The van der Waals surface area contributed by atoms with Crippen LogP contribution in [0.3, 0.4) is 0 Å². The second kappa shape index (κ2) is 8.28. The summed E-state index contributed by atoms with van der Waals surface area (Å²) >= 11 is 7.66. The van der Waals surface area contributed by atoms with Gasteiger partial charge in [-0.3, -0.25) is 0 Å². The first-order valence-electron chi connectivity index (χ1n) is 7.75. The summed E-state index contributed by atoms with van der Waals surface area (Å²) < 4.78 is 0.909. The Kier molecular flexibility index (Phi) is 6.69. The first-order valence-corrected chi connectivity index (χ1v) is 8.95. The minimum atomic E-state index is 0.747. The fourth-order valence-electron chi connectivity index (χ4n) is 3.17. The molecular formula is C16H26ClNS. The van der Waals surface area contributed by atoms with Gasteiger partial charge in [-0.1, -0.05) is 44.2 Å². The predicted molar refractivity (Wildman–Crippen MR) is 86.3 cm³/mol. The fraction of sp³-hybridized carbons (Fsp3) is 0.750. The molecule has 0 aromatic carbocycles. The van der Waals surface area contributed by atoms with E-state index < -0.39 is 0 Å². The molecule has 108 valence electrons. The van der Waals surface area contributed by atoms with Gasteiger partial charge in [0.05, 0.1) is 4.34 Å². The van der Waals surface area contributed by atoms with Crippen LogP contribution in [0.4, 0.5) is 0 Å². The molecule has 0 radical (unpaired) electrons. The highest BCUT2D eigenvalue weighted by Gasteiger charge is 2.17. The van der Waals surface area contributed by atoms with E-state index in [0.717, 1.165) is 29.3 Å². The number of hydrogen-bond acceptors (Lipinski definition) is 2. The van der Waals surface area contributed by atoms with Crippen molar-refractivity contribution < 1.29 is 0 Å². The van der Waals surface area contributed by atoms with Gasteiger partial charge in [0.25, 0.3) is 0 Å². The topological polar surface area (TPSA) is 12.0 Å². The standard InChI is InChI=1S/C16H26ClNS/c1-2-4-13-5-3-6-14(8-7-13)18-12-11-15-9-10-16(17)19-15/h9-10,13-14,18H,2-8,11-12H2,1H3. The molecule has 2 rings (SSSR count). The van der Waals surface area contributed by atoms with E-state index in [1.165, 1.54) is 49.8 Å². The largest absolute Gasteiger partial charge is 0.314 e. The zero-order valence-electron chi connectivity index (χ0n) is 12.0. The minimum Gasteiger partial charge on any atom is -0.314 e. The molecule has 1 N–H and O–H groups in total. The van der Waals surface area contributed by atoms with Gasteiger partial charge in [-0.15, -0.1) is 11.3 Å². The summed E-state index contributed by atoms with van der Waals surface area (Å²) in [6.07, 6.45) is 10.9. The van der Waals surface area contributed by atoms with Gasteiger partial charge in [0.15, 0.2) is 0 Å². The average molecular weight is 300 g/mol. The van der Waals surface area contributed by atoms with Crippen LogP contribution in [0.1, 0.15) is 56.7 Å². The molecule has 0 aliphatic heterocycles. The highest BCUT2D eigenvalue weighted by Crippen LogP contribution is 2.27. The monoisotopic (exact) mass is 299 g/mol. The molecule has 1 aromatic rings. The Morgan fingerprint density at radius 3 is 2.89 bits per heavy atom. The highest BCUT2D eigenvalue weighted by molar-refractivity contribution is 7.16. The molecule has 0 saturated heterocycles. The maximum Gasteiger partial charge on any atom is 0.0931 e. The summed E-state index contributed by atoms with van der Waals surface area (Å²) in [4.78, 5) is 1.40. The Bertz CT molecular complexity index is 363. The van der Waals surface area contributed by atoms with E-state index in [2.05, 4.69) is 18.3 Å². The molecule has 0 bridgehead atoms. The maximum absolute atomic E-state index is 5.95. The van der Waals surface area contributed by atoms with Crippen LogP contribution in [0, 0.1) is 5.92 Å². The van der Waals surface area contributed by atoms with Crippen molar-refractivity contribution in [1.29, 1.82) is 0 Å². The Morgan fingerprint density at radius 2 is 2.16 bits per heavy atom. The van der Waals surface area contributed by atoms with Gasteiger partial charge in [-0.2, -0.15) is 0 Å². The maximum atomic E-state index is 5.95. The average Bonchev–Trinajstić information content (AvgIpc) is 2.67. The SMILES string of the molecule is CCCC1CCCC(NCCc2ccc(Cl)s2)CC1. The summed E-state index contributed by atoms with van der Waals surface area (Å²) in [5.74, 6) is 0.993. The van der Waals surface area contributed by atoms with Crippen LogP contribution in [0.2, 0.25) is 4.34 Å². The van der Waals surface area contributed by atoms with E-state index in [0.29, 0.717) is 0 Å². The smallest absolute Gasteiger partial charge is 0.0931 e. The first kappa shape index (κ1) is 15.3. The molecule has 0 amide bonds. The van der Waals surface area contributed by atoms with Gasteiger partial charge in [0, 0.05) is 17.5 Å². The van der Waals surface area contributed by atoms with Crippen molar-refractivity contribution in [3.63, 3.8) is 0 Å². The van der Waals surface area contributed by atoms with E-state index in [9.17, 15) is 0 Å². The van der Waals surface area contributed by atoms with Gasteiger partial charge >= 0.3 is 0 Å². The van der Waals surface area contributed by atoms with Gasteiger partial charge in [-0.25, -0.2) is 0 Å². The van der Waals surface area contributed by atoms with Crippen LogP contribution in [0.5, 0.6) is 0 Å². The molecule has 1 saturated carbocycles. The lowest BCUT2D eigenvalue weighted by atomic mass is 9.95. The van der Waals surface area contributed by atoms with E-state index in [1.807, 2.05) is 6.07 Å². The molecule has 1 aliphatic rings. The fourth-order valence-corrected chi connectivity index (χ4v) is 4.25. The summed E-state index contributed by atoms with van der Waals surface area (Å²) in [6.45, 7) is 3.41.